The summed E-state index contributed by atoms with van der Waals surface area (Å²) in [5, 5.41) is 1.29. The fourth-order valence-electron chi connectivity index (χ4n) is 2.08. The van der Waals surface area contributed by atoms with Crippen LogP contribution >= 0.6 is 0 Å². The molecular weight excluding hydrogens is 194 g/mol. The summed E-state index contributed by atoms with van der Waals surface area (Å²) in [6, 6.07) is 10.4. The standard InChI is InChI=1S/C15H18N/c1-2-3-4-5-8-13-9-6-11-15-14(13)10-7-12-16-15/h6-7,9-11H,2-5,8H2,1H3. The summed E-state index contributed by atoms with van der Waals surface area (Å²) in [7, 11) is 0. The van der Waals surface area contributed by atoms with Crippen LogP contribution in [-0.2, 0) is 6.42 Å². The van der Waals surface area contributed by atoms with E-state index < -0.39 is 0 Å². The minimum atomic E-state index is 1.07. The molecule has 1 aromatic heterocycles. The summed E-state index contributed by atoms with van der Waals surface area (Å²) < 4.78 is 0. The monoisotopic (exact) mass is 212 g/mol. The SMILES string of the molecule is CCCCCCc1cccc2n[c]ccc12. The number of hydrogen-bond acceptors (Lipinski definition) is 1. The van der Waals surface area contributed by atoms with Gasteiger partial charge in [0.25, 0.3) is 0 Å². The number of benzene rings is 1. The van der Waals surface area contributed by atoms with Gasteiger partial charge in [0.2, 0.25) is 0 Å². The topological polar surface area (TPSA) is 12.9 Å². The lowest BCUT2D eigenvalue weighted by Crippen LogP contribution is -1.89. The Morgan fingerprint density at radius 3 is 2.94 bits per heavy atom. The zero-order chi connectivity index (χ0) is 11.2. The van der Waals surface area contributed by atoms with Crippen molar-refractivity contribution in [2.45, 2.75) is 39.0 Å². The van der Waals surface area contributed by atoms with Crippen molar-refractivity contribution in [3.05, 3.63) is 42.1 Å². The Morgan fingerprint density at radius 2 is 2.06 bits per heavy atom. The van der Waals surface area contributed by atoms with Gasteiger partial charge in [-0.05, 0) is 30.5 Å². The highest BCUT2D eigenvalue weighted by molar-refractivity contribution is 5.81. The molecule has 0 atom stereocenters. The number of aryl methyl sites for hydroxylation is 1. The molecule has 1 radical (unpaired) electrons. The van der Waals surface area contributed by atoms with Gasteiger partial charge in [0.1, 0.15) is 0 Å². The van der Waals surface area contributed by atoms with Crippen LogP contribution in [-0.4, -0.2) is 4.98 Å². The zero-order valence-electron chi connectivity index (χ0n) is 9.87. The number of rotatable bonds is 5. The molecule has 1 heteroatoms. The van der Waals surface area contributed by atoms with Crippen LogP contribution in [0.3, 0.4) is 0 Å². The third kappa shape index (κ3) is 2.60. The van der Waals surface area contributed by atoms with Crippen LogP contribution in [0.1, 0.15) is 38.2 Å². The second-order valence-electron chi connectivity index (χ2n) is 4.23. The third-order valence-corrected chi connectivity index (χ3v) is 2.98. The molecule has 0 aliphatic rings. The van der Waals surface area contributed by atoms with Gasteiger partial charge in [0, 0.05) is 5.39 Å². The maximum absolute atomic E-state index is 4.26. The number of nitrogens with zero attached hydrogens (tertiary/aromatic N) is 1. The largest absolute Gasteiger partial charge is 0.246 e. The van der Waals surface area contributed by atoms with Gasteiger partial charge in [0.15, 0.2) is 0 Å². The van der Waals surface area contributed by atoms with Crippen LogP contribution in [0, 0.1) is 6.20 Å². The summed E-state index contributed by atoms with van der Waals surface area (Å²) in [5.41, 5.74) is 2.49. The predicted molar refractivity (Wildman–Crippen MR) is 68.4 cm³/mol. The van der Waals surface area contributed by atoms with Gasteiger partial charge in [-0.15, -0.1) is 0 Å². The van der Waals surface area contributed by atoms with E-state index in [2.05, 4.69) is 42.4 Å². The maximum Gasteiger partial charge on any atom is 0.0894 e. The highest BCUT2D eigenvalue weighted by atomic mass is 14.6. The molecule has 0 saturated carbocycles. The van der Waals surface area contributed by atoms with Crippen LogP contribution in [0.4, 0.5) is 0 Å². The Morgan fingerprint density at radius 1 is 1.12 bits per heavy atom. The van der Waals surface area contributed by atoms with Crippen molar-refractivity contribution in [2.24, 2.45) is 0 Å². The molecule has 2 aromatic rings. The van der Waals surface area contributed by atoms with E-state index in [4.69, 9.17) is 0 Å². The summed E-state index contributed by atoms with van der Waals surface area (Å²) in [5.74, 6) is 0. The van der Waals surface area contributed by atoms with Gasteiger partial charge in [-0.25, -0.2) is 4.98 Å². The zero-order valence-corrected chi connectivity index (χ0v) is 9.87. The lowest BCUT2D eigenvalue weighted by Gasteiger charge is -2.05. The van der Waals surface area contributed by atoms with Gasteiger partial charge >= 0.3 is 0 Å². The van der Waals surface area contributed by atoms with Gasteiger partial charge in [0.05, 0.1) is 11.7 Å². The lowest BCUT2D eigenvalue weighted by molar-refractivity contribution is 0.668. The molecule has 0 aliphatic carbocycles. The lowest BCUT2D eigenvalue weighted by atomic mass is 10.0. The highest BCUT2D eigenvalue weighted by Gasteiger charge is 2.00. The third-order valence-electron chi connectivity index (χ3n) is 2.98. The van der Waals surface area contributed by atoms with E-state index in [0.717, 1.165) is 5.52 Å². The fraction of sp³-hybridized carbons (Fsp3) is 0.400. The molecule has 83 valence electrons. The molecule has 0 fully saturated rings. The van der Waals surface area contributed by atoms with E-state index in [1.807, 2.05) is 6.07 Å². The number of hydrogen-bond donors (Lipinski definition) is 0. The van der Waals surface area contributed by atoms with Gasteiger partial charge in [-0.3, -0.25) is 0 Å². The van der Waals surface area contributed by atoms with E-state index in [0.29, 0.717) is 0 Å². The first kappa shape index (κ1) is 11.1. The first-order chi connectivity index (χ1) is 7.92. The van der Waals surface area contributed by atoms with Gasteiger partial charge in [-0.1, -0.05) is 44.4 Å². The normalized spacial score (nSPS) is 10.8. The summed E-state index contributed by atoms with van der Waals surface area (Å²) in [6.45, 7) is 2.25. The van der Waals surface area contributed by atoms with E-state index >= 15 is 0 Å². The molecule has 0 spiro atoms. The van der Waals surface area contributed by atoms with Crippen LogP contribution in [0.25, 0.3) is 10.9 Å². The van der Waals surface area contributed by atoms with Crippen molar-refractivity contribution in [1.82, 2.24) is 4.98 Å². The molecule has 0 saturated heterocycles. The summed E-state index contributed by atoms with van der Waals surface area (Å²) >= 11 is 0. The molecule has 16 heavy (non-hydrogen) atoms. The van der Waals surface area contributed by atoms with Crippen molar-refractivity contribution < 1.29 is 0 Å². The van der Waals surface area contributed by atoms with Crippen molar-refractivity contribution in [2.75, 3.05) is 0 Å². The minimum Gasteiger partial charge on any atom is -0.246 e. The predicted octanol–water partition coefficient (Wildman–Crippen LogP) is 4.16. The van der Waals surface area contributed by atoms with Crippen molar-refractivity contribution in [1.29, 1.82) is 0 Å². The number of fused-ring (bicyclic) bond motifs is 1. The minimum absolute atomic E-state index is 1.07. The molecule has 0 N–H and O–H groups in total. The summed E-state index contributed by atoms with van der Waals surface area (Å²) in [6.07, 6.45) is 9.32. The highest BCUT2D eigenvalue weighted by Crippen LogP contribution is 2.18. The average molecular weight is 212 g/mol. The van der Waals surface area contributed by atoms with Crippen LogP contribution in [0.15, 0.2) is 30.3 Å². The second kappa shape index (κ2) is 5.64. The second-order valence-corrected chi connectivity index (χ2v) is 4.23. The van der Waals surface area contributed by atoms with Crippen molar-refractivity contribution in [3.8, 4) is 0 Å². The van der Waals surface area contributed by atoms with Crippen molar-refractivity contribution >= 4 is 10.9 Å². The van der Waals surface area contributed by atoms with E-state index in [-0.39, 0.29) is 0 Å². The number of unbranched alkanes of at least 4 members (excludes halogenated alkanes) is 3. The summed E-state index contributed by atoms with van der Waals surface area (Å²) in [4.78, 5) is 4.26. The number of aromatic nitrogens is 1. The van der Waals surface area contributed by atoms with Gasteiger partial charge < -0.3 is 0 Å². The molecule has 1 heterocycles. The quantitative estimate of drug-likeness (QED) is 0.678. The Hall–Kier alpha value is -1.37. The van der Waals surface area contributed by atoms with Crippen LogP contribution in [0.2, 0.25) is 0 Å². The van der Waals surface area contributed by atoms with E-state index in [9.17, 15) is 0 Å². The number of pyridine rings is 1. The molecule has 0 unspecified atom stereocenters. The molecule has 0 aliphatic heterocycles. The van der Waals surface area contributed by atoms with Crippen LogP contribution < -0.4 is 0 Å². The Bertz CT molecular complexity index is 443. The van der Waals surface area contributed by atoms with Crippen molar-refractivity contribution in [3.63, 3.8) is 0 Å². The Kier molecular flexibility index (Phi) is 3.92. The Balaban J connectivity index is 2.11. The molecule has 0 bridgehead atoms. The smallest absolute Gasteiger partial charge is 0.0894 e. The van der Waals surface area contributed by atoms with E-state index in [1.54, 1.807) is 0 Å². The molecule has 0 amide bonds. The molecule has 1 nitrogen and oxygen atoms in total. The Labute approximate surface area is 97.5 Å². The van der Waals surface area contributed by atoms with Crippen LogP contribution in [0.5, 0.6) is 0 Å². The molecule has 1 aromatic carbocycles. The maximum atomic E-state index is 4.26. The van der Waals surface area contributed by atoms with E-state index in [1.165, 1.54) is 43.1 Å². The van der Waals surface area contributed by atoms with Gasteiger partial charge in [-0.2, -0.15) is 0 Å². The first-order valence-corrected chi connectivity index (χ1v) is 6.16. The fourth-order valence-corrected chi connectivity index (χ4v) is 2.08. The molecular formula is C15H18N. The first-order valence-electron chi connectivity index (χ1n) is 6.16. The molecule has 2 rings (SSSR count). The average Bonchev–Trinajstić information content (AvgIpc) is 2.35.